The Kier molecular flexibility index (Phi) is 45.0. The molecule has 2 amide bonds. The molecule has 1 aliphatic heterocycles. The molecule has 0 aliphatic carbocycles. The van der Waals surface area contributed by atoms with Crippen LogP contribution in [-0.2, 0) is 23.9 Å². The van der Waals surface area contributed by atoms with E-state index in [1.807, 2.05) is 13.8 Å². The molecule has 0 bridgehead atoms. The first-order valence-electron chi connectivity index (χ1n) is 14.5. The number of ether oxygens (including phenoxy) is 2. The maximum absolute atomic E-state index is 12.2. The van der Waals surface area contributed by atoms with Gasteiger partial charge in [0.25, 0.3) is 5.91 Å². The fourth-order valence-electron chi connectivity index (χ4n) is 3.14. The average molecular weight is 626 g/mol. The van der Waals surface area contributed by atoms with E-state index in [2.05, 4.69) is 37.1 Å². The fourth-order valence-corrected chi connectivity index (χ4v) is 3.14. The van der Waals surface area contributed by atoms with Crippen molar-refractivity contribution in [1.82, 2.24) is 5.32 Å². The van der Waals surface area contributed by atoms with Crippen molar-refractivity contribution in [3.8, 4) is 0 Å². The van der Waals surface area contributed by atoms with Crippen molar-refractivity contribution in [1.29, 1.82) is 0 Å². The number of hydrogen-bond donors (Lipinski definition) is 5. The third-order valence-corrected chi connectivity index (χ3v) is 4.72. The molecule has 4 atom stereocenters. The summed E-state index contributed by atoms with van der Waals surface area (Å²) in [6.45, 7) is 13.5. The van der Waals surface area contributed by atoms with Gasteiger partial charge >= 0.3 is 29.6 Å². The summed E-state index contributed by atoms with van der Waals surface area (Å²) in [5, 5.41) is 34.1. The van der Waals surface area contributed by atoms with E-state index in [1.165, 1.54) is 27.3 Å². The van der Waals surface area contributed by atoms with E-state index >= 15 is 0 Å². The number of aliphatic hydroxyl groups is 2. The maximum atomic E-state index is 12.2. The summed E-state index contributed by atoms with van der Waals surface area (Å²) in [7, 11) is 1.50. The van der Waals surface area contributed by atoms with Crippen LogP contribution in [0.3, 0.4) is 0 Å². The quantitative estimate of drug-likeness (QED) is 0.127. The molecule has 0 saturated carbocycles. The van der Waals surface area contributed by atoms with Crippen molar-refractivity contribution < 1.29 is 73.5 Å². The van der Waals surface area contributed by atoms with Crippen LogP contribution in [-0.4, -0.2) is 79.6 Å². The number of aldehydes is 1. The number of benzene rings is 1. The Hall–Kier alpha value is -1.90. The van der Waals surface area contributed by atoms with Gasteiger partial charge in [0.05, 0.1) is 18.3 Å². The molecule has 1 saturated heterocycles. The number of nitrogens with two attached hydrogens (primary N) is 1. The summed E-state index contributed by atoms with van der Waals surface area (Å²) in [5.74, 6) is -0.443. The van der Waals surface area contributed by atoms with Crippen molar-refractivity contribution >= 4 is 30.3 Å². The van der Waals surface area contributed by atoms with Gasteiger partial charge < -0.3 is 50.7 Å². The van der Waals surface area contributed by atoms with Crippen LogP contribution in [0.5, 0.6) is 0 Å². The topological polar surface area (TPSA) is 200 Å². The van der Waals surface area contributed by atoms with Crippen LogP contribution in [0.2, 0.25) is 0 Å². The van der Waals surface area contributed by atoms with E-state index in [0.717, 1.165) is 19.1 Å². The second-order valence-electron chi connectivity index (χ2n) is 8.36. The Labute approximate surface area is 280 Å². The Morgan fingerprint density at radius 2 is 1.63 bits per heavy atom. The van der Waals surface area contributed by atoms with E-state index in [-0.39, 0.29) is 47.9 Å². The zero-order valence-corrected chi connectivity index (χ0v) is 29.8. The summed E-state index contributed by atoms with van der Waals surface area (Å²) in [6, 6.07) is 6.55. The van der Waals surface area contributed by atoms with Crippen molar-refractivity contribution in [2.45, 2.75) is 112 Å². The minimum Gasteiger partial charge on any atom is -0.554 e. The summed E-state index contributed by atoms with van der Waals surface area (Å²) in [4.78, 5) is 40.3. The smallest absolute Gasteiger partial charge is 0.554 e. The first kappa shape index (κ1) is 50.7. The second-order valence-corrected chi connectivity index (χ2v) is 8.36. The Balaban J connectivity index is -0.000000297. The molecule has 4 unspecified atom stereocenters. The van der Waals surface area contributed by atoms with Crippen LogP contribution in [0.1, 0.15) is 97.3 Å². The van der Waals surface area contributed by atoms with Crippen LogP contribution < -0.4 is 51.0 Å². The summed E-state index contributed by atoms with van der Waals surface area (Å²) >= 11 is 0. The third kappa shape index (κ3) is 31.3. The molecule has 0 radical (unpaired) electrons. The van der Waals surface area contributed by atoms with Crippen molar-refractivity contribution in [3.63, 3.8) is 0 Å². The molecule has 1 aromatic carbocycles. The van der Waals surface area contributed by atoms with Gasteiger partial charge in [-0.1, -0.05) is 47.5 Å². The van der Waals surface area contributed by atoms with Gasteiger partial charge in [0.2, 0.25) is 5.91 Å². The zero-order chi connectivity index (χ0) is 33.3. The number of rotatable bonds is 10. The standard InChI is InChI=1S/C21H32N2O6.C3H8.C2H4O.C2H6.CH5N.CH2O2.Na/c1-3-4-11-28-20-13-17(25)12-19(29-20)18(26)9-10-22-21(27)15-5-7-16(8-6-15)23-14(2)24;1-3-2;1-2-3;2*1-2;2-1-3;/h5-8,17-20,25-26H,3-4,9-13H2,1-2H3,(H,22,27)(H,23,24);3H2,1-2H3;2H,1H3;1-2H3;2H2,1H3;1H,(H,2,3);/q;;;;;;+1/p-1. The van der Waals surface area contributed by atoms with Gasteiger partial charge in [-0.15, -0.1) is 0 Å². The number of carboxylic acid groups (broad SMARTS) is 1. The van der Waals surface area contributed by atoms with E-state index < -0.39 is 31.1 Å². The van der Waals surface area contributed by atoms with Gasteiger partial charge in [-0.2, -0.15) is 0 Å². The van der Waals surface area contributed by atoms with Crippen LogP contribution in [0.25, 0.3) is 0 Å². The number of unbranched alkanes of at least 4 members (excludes halogenated alkanes) is 1. The van der Waals surface area contributed by atoms with Crippen molar-refractivity contribution in [2.75, 3.05) is 25.5 Å². The van der Waals surface area contributed by atoms with Gasteiger partial charge in [0.15, 0.2) is 6.29 Å². The maximum Gasteiger partial charge on any atom is 1.00 e. The summed E-state index contributed by atoms with van der Waals surface area (Å²) in [6.07, 6.45) is 2.54. The van der Waals surface area contributed by atoms with Gasteiger partial charge in [0, 0.05) is 50.6 Å². The molecule has 1 heterocycles. The Morgan fingerprint density at radius 1 is 1.14 bits per heavy atom. The first-order chi connectivity index (χ1) is 20.1. The number of anilines is 1. The molecule has 1 aromatic rings. The van der Waals surface area contributed by atoms with Gasteiger partial charge in [-0.3, -0.25) is 9.59 Å². The van der Waals surface area contributed by atoms with Crippen LogP contribution in [0.15, 0.2) is 24.3 Å². The number of hydrogen-bond acceptors (Lipinski definition) is 10. The molecule has 0 spiro atoms. The second kappa shape index (κ2) is 38.1. The molecular formula is C30H56N3NaO9. The van der Waals surface area contributed by atoms with Crippen molar-refractivity contribution in [3.05, 3.63) is 29.8 Å². The number of carbonyl (C=O) groups is 4. The van der Waals surface area contributed by atoms with Gasteiger partial charge in [-0.05, 0) is 51.1 Å². The molecule has 13 heteroatoms. The summed E-state index contributed by atoms with van der Waals surface area (Å²) < 4.78 is 11.4. The molecule has 1 fully saturated rings. The first-order valence-corrected chi connectivity index (χ1v) is 14.5. The molecule has 1 aliphatic rings. The number of amides is 2. The molecule has 0 aromatic heterocycles. The fraction of sp³-hybridized carbons (Fsp3) is 0.667. The number of carbonyl (C=O) groups excluding carboxylic acids is 4. The molecule has 43 heavy (non-hydrogen) atoms. The predicted molar refractivity (Wildman–Crippen MR) is 164 cm³/mol. The van der Waals surface area contributed by atoms with E-state index in [1.54, 1.807) is 24.3 Å². The molecule has 246 valence electrons. The normalized spacial score (nSPS) is 16.6. The van der Waals surface area contributed by atoms with E-state index in [0.29, 0.717) is 37.1 Å². The van der Waals surface area contributed by atoms with Crippen LogP contribution >= 0.6 is 0 Å². The monoisotopic (exact) mass is 625 g/mol. The van der Waals surface area contributed by atoms with Crippen molar-refractivity contribution in [2.24, 2.45) is 5.73 Å². The Morgan fingerprint density at radius 3 is 2.07 bits per heavy atom. The zero-order valence-electron chi connectivity index (χ0n) is 27.8. The number of nitrogens with one attached hydrogen (secondary N) is 2. The minimum atomic E-state index is -0.815. The molecule has 12 nitrogen and oxygen atoms in total. The van der Waals surface area contributed by atoms with E-state index in [4.69, 9.17) is 24.2 Å². The largest absolute Gasteiger partial charge is 1.00 e. The average Bonchev–Trinajstić information content (AvgIpc) is 2.96. The number of aliphatic hydroxyl groups excluding tert-OH is 2. The van der Waals surface area contributed by atoms with Gasteiger partial charge in [0.1, 0.15) is 6.29 Å². The SMILES string of the molecule is CC.CC=O.CCC.CCCCOC1CC(O)CC(C(O)CCNC(=O)c2ccc(NC(C)=O)cc2)O1.CN.O=C[O-].[Na+]. The molecule has 6 N–H and O–H groups in total. The third-order valence-electron chi connectivity index (χ3n) is 4.72. The van der Waals surface area contributed by atoms with Crippen LogP contribution in [0, 0.1) is 0 Å². The Bertz CT molecular complexity index is 766. The predicted octanol–water partition coefficient (Wildman–Crippen LogP) is -0.599. The molecular weight excluding hydrogens is 569 g/mol. The van der Waals surface area contributed by atoms with E-state index in [9.17, 15) is 19.8 Å². The molecule has 2 rings (SSSR count). The summed E-state index contributed by atoms with van der Waals surface area (Å²) in [5.41, 5.74) is 5.58. The minimum absolute atomic E-state index is 0. The van der Waals surface area contributed by atoms with Crippen LogP contribution in [0.4, 0.5) is 5.69 Å². The van der Waals surface area contributed by atoms with Gasteiger partial charge in [-0.25, -0.2) is 0 Å².